The number of carbonyl (C=O) groups is 1. The molecule has 23 heavy (non-hydrogen) atoms. The molecule has 1 saturated heterocycles. The summed E-state index contributed by atoms with van der Waals surface area (Å²) in [5.41, 5.74) is 6.81. The topological polar surface area (TPSA) is 58.4 Å². The average Bonchev–Trinajstić information content (AvgIpc) is 2.59. The maximum Gasteiger partial charge on any atom is 0.221 e. The van der Waals surface area contributed by atoms with Crippen LogP contribution in [0.5, 0.6) is 0 Å². The molecule has 1 unspecified atom stereocenters. The SMILES string of the molecule is NCCC(=O)NCC1CCCCN1CCSCc1ccccc1. The van der Waals surface area contributed by atoms with Crippen LogP contribution in [0, 0.1) is 0 Å². The summed E-state index contributed by atoms with van der Waals surface area (Å²) in [6, 6.07) is 11.1. The first-order valence-corrected chi connectivity index (χ1v) is 9.77. The third-order valence-corrected chi connectivity index (χ3v) is 5.30. The molecule has 0 aliphatic carbocycles. The first-order valence-electron chi connectivity index (χ1n) is 8.62. The highest BCUT2D eigenvalue weighted by atomic mass is 32.2. The Morgan fingerprint density at radius 1 is 1.30 bits per heavy atom. The second-order valence-corrected chi connectivity index (χ2v) is 7.17. The van der Waals surface area contributed by atoms with Crippen molar-refractivity contribution in [1.82, 2.24) is 10.2 Å². The zero-order valence-corrected chi connectivity index (χ0v) is 14.7. The van der Waals surface area contributed by atoms with E-state index in [9.17, 15) is 4.79 Å². The van der Waals surface area contributed by atoms with E-state index in [1.54, 1.807) is 0 Å². The number of thioether (sulfide) groups is 1. The van der Waals surface area contributed by atoms with Crippen LogP contribution in [0.15, 0.2) is 30.3 Å². The lowest BCUT2D eigenvalue weighted by Crippen LogP contribution is -2.47. The predicted molar refractivity (Wildman–Crippen MR) is 98.5 cm³/mol. The summed E-state index contributed by atoms with van der Waals surface area (Å²) in [6.07, 6.45) is 4.16. The van der Waals surface area contributed by atoms with Gasteiger partial charge in [0.25, 0.3) is 0 Å². The summed E-state index contributed by atoms with van der Waals surface area (Å²) in [5.74, 6) is 2.30. The number of nitrogens with one attached hydrogen (secondary N) is 1. The summed E-state index contributed by atoms with van der Waals surface area (Å²) in [7, 11) is 0. The summed E-state index contributed by atoms with van der Waals surface area (Å²) in [6.45, 7) is 3.46. The second-order valence-electron chi connectivity index (χ2n) is 6.07. The molecule has 0 radical (unpaired) electrons. The Kier molecular flexibility index (Phi) is 8.50. The van der Waals surface area contributed by atoms with Crippen LogP contribution in [-0.4, -0.2) is 48.8 Å². The number of rotatable bonds is 9. The van der Waals surface area contributed by atoms with Crippen LogP contribution in [0.1, 0.15) is 31.2 Å². The molecule has 1 aliphatic heterocycles. The van der Waals surface area contributed by atoms with Crippen molar-refractivity contribution in [2.24, 2.45) is 5.73 Å². The molecule has 0 aromatic heterocycles. The van der Waals surface area contributed by atoms with Crippen LogP contribution in [-0.2, 0) is 10.5 Å². The minimum Gasteiger partial charge on any atom is -0.354 e. The van der Waals surface area contributed by atoms with Crippen molar-refractivity contribution < 1.29 is 4.79 Å². The zero-order valence-electron chi connectivity index (χ0n) is 13.9. The van der Waals surface area contributed by atoms with E-state index >= 15 is 0 Å². The van der Waals surface area contributed by atoms with Crippen molar-refractivity contribution in [1.29, 1.82) is 0 Å². The highest BCUT2D eigenvalue weighted by molar-refractivity contribution is 7.98. The molecule has 4 nitrogen and oxygen atoms in total. The first kappa shape index (κ1) is 18.3. The molecule has 0 saturated carbocycles. The molecule has 5 heteroatoms. The van der Waals surface area contributed by atoms with Crippen LogP contribution in [0.4, 0.5) is 0 Å². The van der Waals surface area contributed by atoms with Gasteiger partial charge in [0.15, 0.2) is 0 Å². The number of likely N-dealkylation sites (tertiary alicyclic amines) is 1. The number of amides is 1. The van der Waals surface area contributed by atoms with Crippen LogP contribution in [0.2, 0.25) is 0 Å². The molecule has 0 bridgehead atoms. The quantitative estimate of drug-likeness (QED) is 0.680. The minimum absolute atomic E-state index is 0.0801. The van der Waals surface area contributed by atoms with Gasteiger partial charge in [0, 0.05) is 43.6 Å². The summed E-state index contributed by atoms with van der Waals surface area (Å²) < 4.78 is 0. The molecule has 1 aliphatic rings. The Balaban J connectivity index is 1.67. The van der Waals surface area contributed by atoms with Crippen LogP contribution < -0.4 is 11.1 Å². The van der Waals surface area contributed by atoms with E-state index in [4.69, 9.17) is 5.73 Å². The Labute approximate surface area is 144 Å². The standard InChI is InChI=1S/C18H29N3OS/c19-10-9-18(22)20-14-17-8-4-5-11-21(17)12-13-23-15-16-6-2-1-3-7-16/h1-3,6-7,17H,4-5,8-15,19H2,(H,20,22). The molecule has 1 atom stereocenters. The summed E-state index contributed by atoms with van der Waals surface area (Å²) in [5, 5.41) is 3.03. The molecular weight excluding hydrogens is 306 g/mol. The predicted octanol–water partition coefficient (Wildman–Crippen LogP) is 2.24. The number of nitrogens with two attached hydrogens (primary N) is 1. The number of nitrogens with zero attached hydrogens (tertiary/aromatic N) is 1. The van der Waals surface area contributed by atoms with Crippen molar-refractivity contribution in [2.45, 2.75) is 37.5 Å². The van der Waals surface area contributed by atoms with E-state index < -0.39 is 0 Å². The molecule has 1 aromatic carbocycles. The van der Waals surface area contributed by atoms with Crippen molar-refractivity contribution in [3.63, 3.8) is 0 Å². The van der Waals surface area contributed by atoms with Crippen LogP contribution in [0.3, 0.4) is 0 Å². The largest absolute Gasteiger partial charge is 0.354 e. The van der Waals surface area contributed by atoms with Crippen molar-refractivity contribution in [3.8, 4) is 0 Å². The monoisotopic (exact) mass is 335 g/mol. The normalized spacial score (nSPS) is 18.7. The van der Waals surface area contributed by atoms with Crippen molar-refractivity contribution in [2.75, 3.05) is 31.9 Å². The van der Waals surface area contributed by atoms with Gasteiger partial charge in [-0.15, -0.1) is 0 Å². The van der Waals surface area contributed by atoms with E-state index in [1.807, 2.05) is 11.8 Å². The maximum atomic E-state index is 11.6. The van der Waals surface area contributed by atoms with E-state index in [0.29, 0.717) is 19.0 Å². The second kappa shape index (κ2) is 10.7. The van der Waals surface area contributed by atoms with Crippen LogP contribution >= 0.6 is 11.8 Å². The number of hydrogen-bond acceptors (Lipinski definition) is 4. The lowest BCUT2D eigenvalue weighted by Gasteiger charge is -2.35. The minimum atomic E-state index is 0.0801. The van der Waals surface area contributed by atoms with Crippen molar-refractivity contribution >= 4 is 17.7 Å². The first-order chi connectivity index (χ1) is 11.3. The van der Waals surface area contributed by atoms with Gasteiger partial charge in [0.05, 0.1) is 0 Å². The highest BCUT2D eigenvalue weighted by Gasteiger charge is 2.22. The van der Waals surface area contributed by atoms with Gasteiger partial charge in [-0.05, 0) is 24.9 Å². The Morgan fingerprint density at radius 2 is 2.13 bits per heavy atom. The zero-order chi connectivity index (χ0) is 16.3. The highest BCUT2D eigenvalue weighted by Crippen LogP contribution is 2.18. The molecule has 1 heterocycles. The lowest BCUT2D eigenvalue weighted by molar-refractivity contribution is -0.121. The van der Waals surface area contributed by atoms with E-state index in [2.05, 4.69) is 40.5 Å². The van der Waals surface area contributed by atoms with E-state index in [-0.39, 0.29) is 5.91 Å². The van der Waals surface area contributed by atoms with E-state index in [0.717, 1.165) is 31.1 Å². The van der Waals surface area contributed by atoms with Gasteiger partial charge in [-0.25, -0.2) is 0 Å². The van der Waals surface area contributed by atoms with Gasteiger partial charge in [-0.2, -0.15) is 11.8 Å². The fraction of sp³-hybridized carbons (Fsp3) is 0.611. The number of carbonyl (C=O) groups excluding carboxylic acids is 1. The van der Waals surface area contributed by atoms with Crippen molar-refractivity contribution in [3.05, 3.63) is 35.9 Å². The Hall–Kier alpha value is -1.04. The van der Waals surface area contributed by atoms with Gasteiger partial charge in [-0.1, -0.05) is 36.8 Å². The molecule has 3 N–H and O–H groups in total. The molecule has 1 amide bonds. The fourth-order valence-corrected chi connectivity index (χ4v) is 3.92. The fourth-order valence-electron chi connectivity index (χ4n) is 2.98. The number of benzene rings is 1. The van der Waals surface area contributed by atoms with E-state index in [1.165, 1.54) is 24.8 Å². The number of hydrogen-bond donors (Lipinski definition) is 2. The third kappa shape index (κ3) is 6.94. The molecule has 2 rings (SSSR count). The summed E-state index contributed by atoms with van der Waals surface area (Å²) in [4.78, 5) is 14.1. The average molecular weight is 336 g/mol. The van der Waals surface area contributed by atoms with Gasteiger partial charge in [0.2, 0.25) is 5.91 Å². The Bertz CT molecular complexity index is 455. The van der Waals surface area contributed by atoms with Gasteiger partial charge >= 0.3 is 0 Å². The maximum absolute atomic E-state index is 11.6. The molecular formula is C18H29N3OS. The van der Waals surface area contributed by atoms with Crippen LogP contribution in [0.25, 0.3) is 0 Å². The molecule has 1 fully saturated rings. The van der Waals surface area contributed by atoms with Gasteiger partial charge in [0.1, 0.15) is 0 Å². The smallest absolute Gasteiger partial charge is 0.221 e. The molecule has 1 aromatic rings. The third-order valence-electron chi connectivity index (χ3n) is 4.29. The number of piperidine rings is 1. The van der Waals surface area contributed by atoms with Gasteiger partial charge < -0.3 is 11.1 Å². The Morgan fingerprint density at radius 3 is 2.91 bits per heavy atom. The summed E-state index contributed by atoms with van der Waals surface area (Å²) >= 11 is 1.99. The molecule has 128 valence electrons. The molecule has 0 spiro atoms. The lowest BCUT2D eigenvalue weighted by atomic mass is 10.0. The van der Waals surface area contributed by atoms with Gasteiger partial charge in [-0.3, -0.25) is 9.69 Å².